The van der Waals surface area contributed by atoms with Crippen LogP contribution in [-0.4, -0.2) is 42.0 Å². The Morgan fingerprint density at radius 2 is 2.14 bits per heavy atom. The van der Waals surface area contributed by atoms with Crippen LogP contribution in [0.15, 0.2) is 28.8 Å². The van der Waals surface area contributed by atoms with E-state index in [0.717, 1.165) is 0 Å². The summed E-state index contributed by atoms with van der Waals surface area (Å²) in [7, 11) is -3.63. The summed E-state index contributed by atoms with van der Waals surface area (Å²) in [6, 6.07) is 7.04. The van der Waals surface area contributed by atoms with Crippen molar-refractivity contribution in [3.63, 3.8) is 0 Å². The Kier molecular flexibility index (Phi) is 3.65. The van der Waals surface area contributed by atoms with Gasteiger partial charge in [-0.1, -0.05) is 24.2 Å². The summed E-state index contributed by atoms with van der Waals surface area (Å²) in [5.41, 5.74) is 0.882. The van der Waals surface area contributed by atoms with E-state index in [4.69, 9.17) is 9.63 Å². The third kappa shape index (κ3) is 2.59. The van der Waals surface area contributed by atoms with Gasteiger partial charge in [0.1, 0.15) is 11.4 Å². The average Bonchev–Trinajstić information content (AvgIpc) is 3.03. The van der Waals surface area contributed by atoms with Gasteiger partial charge in [0.25, 0.3) is 0 Å². The summed E-state index contributed by atoms with van der Waals surface area (Å²) in [6.45, 7) is 1.98. The number of para-hydroxylation sites is 1. The van der Waals surface area contributed by atoms with Crippen LogP contribution in [0, 0.1) is 11.8 Å². The van der Waals surface area contributed by atoms with Crippen molar-refractivity contribution in [1.29, 1.82) is 0 Å². The van der Waals surface area contributed by atoms with Gasteiger partial charge in [-0.3, -0.25) is 4.79 Å². The molecule has 1 aliphatic rings. The molecule has 3 rings (SSSR count). The topological polar surface area (TPSA) is 101 Å². The number of fused-ring (bicyclic) bond motifs is 1. The first-order chi connectivity index (χ1) is 10.4. The molecule has 1 N–H and O–H groups in total. The van der Waals surface area contributed by atoms with Gasteiger partial charge < -0.3 is 9.63 Å². The molecule has 0 bridgehead atoms. The minimum absolute atomic E-state index is 0.00855. The lowest BCUT2D eigenvalue weighted by Gasteiger charge is -2.14. The molecule has 7 nitrogen and oxygen atoms in total. The minimum Gasteiger partial charge on any atom is -0.481 e. The fourth-order valence-electron chi connectivity index (χ4n) is 2.78. The standard InChI is InChI=1S/C14H16N2O5S/c1-9-6-16(7-11(9)14(17)18)22(19,20)8-12-10-4-2-3-5-13(10)21-15-12/h2-5,9,11H,6-8H2,1H3,(H,17,18)/t9-,11-/m1/s1. The lowest BCUT2D eigenvalue weighted by atomic mass is 9.99. The van der Waals surface area contributed by atoms with E-state index in [1.54, 1.807) is 31.2 Å². The SMILES string of the molecule is C[C@@H]1CN(S(=O)(=O)Cc2noc3ccccc23)C[C@H]1C(=O)O. The maximum atomic E-state index is 12.5. The molecule has 1 saturated heterocycles. The number of carboxylic acids is 1. The van der Waals surface area contributed by atoms with E-state index in [9.17, 15) is 13.2 Å². The number of hydrogen-bond acceptors (Lipinski definition) is 5. The number of aliphatic carboxylic acids is 1. The van der Waals surface area contributed by atoms with Crippen molar-refractivity contribution in [2.75, 3.05) is 13.1 Å². The number of carboxylic acid groups (broad SMARTS) is 1. The largest absolute Gasteiger partial charge is 0.481 e. The van der Waals surface area contributed by atoms with E-state index in [1.807, 2.05) is 0 Å². The lowest BCUT2D eigenvalue weighted by Crippen LogP contribution is -2.31. The number of nitrogens with zero attached hydrogens (tertiary/aromatic N) is 2. The molecule has 1 aliphatic heterocycles. The fourth-order valence-corrected chi connectivity index (χ4v) is 4.36. The summed E-state index contributed by atoms with van der Waals surface area (Å²) in [4.78, 5) is 11.1. The van der Waals surface area contributed by atoms with Gasteiger partial charge >= 0.3 is 5.97 Å². The normalized spacial score (nSPS) is 23.1. The zero-order valence-corrected chi connectivity index (χ0v) is 12.8. The predicted molar refractivity (Wildman–Crippen MR) is 78.5 cm³/mol. The molecule has 0 unspecified atom stereocenters. The summed E-state index contributed by atoms with van der Waals surface area (Å²) in [6.07, 6.45) is 0. The van der Waals surface area contributed by atoms with Gasteiger partial charge in [0.2, 0.25) is 10.0 Å². The van der Waals surface area contributed by atoms with Gasteiger partial charge in [0.15, 0.2) is 5.58 Å². The second kappa shape index (κ2) is 5.36. The molecule has 2 heterocycles. The summed E-state index contributed by atoms with van der Waals surface area (Å²) in [5, 5.41) is 13.6. The van der Waals surface area contributed by atoms with Crippen molar-refractivity contribution in [2.24, 2.45) is 11.8 Å². The quantitative estimate of drug-likeness (QED) is 0.910. The molecule has 2 atom stereocenters. The molecule has 0 aliphatic carbocycles. The smallest absolute Gasteiger partial charge is 0.308 e. The van der Waals surface area contributed by atoms with Crippen LogP contribution in [0.2, 0.25) is 0 Å². The second-order valence-corrected chi connectivity index (χ2v) is 7.59. The molecule has 0 amide bonds. The molecule has 118 valence electrons. The van der Waals surface area contributed by atoms with Crippen molar-refractivity contribution in [2.45, 2.75) is 12.7 Å². The predicted octanol–water partition coefficient (Wildman–Crippen LogP) is 1.31. The van der Waals surface area contributed by atoms with Gasteiger partial charge in [-0.25, -0.2) is 12.7 Å². The van der Waals surface area contributed by atoms with Crippen molar-refractivity contribution in [3.05, 3.63) is 30.0 Å². The van der Waals surface area contributed by atoms with Gasteiger partial charge in [-0.2, -0.15) is 0 Å². The van der Waals surface area contributed by atoms with Crippen molar-refractivity contribution in [1.82, 2.24) is 9.46 Å². The van der Waals surface area contributed by atoms with Gasteiger partial charge in [0.05, 0.1) is 5.92 Å². The maximum Gasteiger partial charge on any atom is 0.308 e. The molecule has 1 aromatic carbocycles. The van der Waals surface area contributed by atoms with E-state index < -0.39 is 21.9 Å². The highest BCUT2D eigenvalue weighted by Crippen LogP contribution is 2.28. The van der Waals surface area contributed by atoms with Gasteiger partial charge in [-0.15, -0.1) is 0 Å². The highest BCUT2D eigenvalue weighted by atomic mass is 32.2. The van der Waals surface area contributed by atoms with Gasteiger partial charge in [-0.05, 0) is 18.1 Å². The Bertz CT molecular complexity index is 814. The molecule has 1 aromatic heterocycles. The van der Waals surface area contributed by atoms with Crippen LogP contribution < -0.4 is 0 Å². The van der Waals surface area contributed by atoms with E-state index in [2.05, 4.69) is 5.16 Å². The fraction of sp³-hybridized carbons (Fsp3) is 0.429. The third-order valence-corrected chi connectivity index (χ3v) is 5.78. The van der Waals surface area contributed by atoms with E-state index in [-0.39, 0.29) is 24.8 Å². The Hall–Kier alpha value is -1.93. The van der Waals surface area contributed by atoms with Crippen molar-refractivity contribution >= 4 is 27.0 Å². The van der Waals surface area contributed by atoms with E-state index >= 15 is 0 Å². The summed E-state index contributed by atoms with van der Waals surface area (Å²) < 4.78 is 31.4. The van der Waals surface area contributed by atoms with Crippen LogP contribution in [0.3, 0.4) is 0 Å². The molecule has 1 fully saturated rings. The molecule has 0 spiro atoms. The Morgan fingerprint density at radius 1 is 1.41 bits per heavy atom. The zero-order valence-electron chi connectivity index (χ0n) is 12.0. The first-order valence-electron chi connectivity index (χ1n) is 6.92. The lowest BCUT2D eigenvalue weighted by molar-refractivity contribution is -0.142. The van der Waals surface area contributed by atoms with Crippen LogP contribution in [0.25, 0.3) is 11.0 Å². The number of hydrogen-bond donors (Lipinski definition) is 1. The third-order valence-electron chi connectivity index (χ3n) is 4.06. The van der Waals surface area contributed by atoms with Crippen LogP contribution in [0.5, 0.6) is 0 Å². The van der Waals surface area contributed by atoms with Crippen molar-refractivity contribution in [3.8, 4) is 0 Å². The summed E-state index contributed by atoms with van der Waals surface area (Å²) in [5.74, 6) is -2.12. The summed E-state index contributed by atoms with van der Waals surface area (Å²) >= 11 is 0. The molecule has 8 heteroatoms. The minimum atomic E-state index is -3.63. The van der Waals surface area contributed by atoms with Crippen LogP contribution in [0.1, 0.15) is 12.6 Å². The van der Waals surface area contributed by atoms with Crippen LogP contribution in [-0.2, 0) is 20.6 Å². The molecule has 2 aromatic rings. The van der Waals surface area contributed by atoms with Gasteiger partial charge in [0, 0.05) is 18.5 Å². The second-order valence-electron chi connectivity index (χ2n) is 5.62. The number of benzene rings is 1. The molecular weight excluding hydrogens is 308 g/mol. The Balaban J connectivity index is 1.84. The van der Waals surface area contributed by atoms with Crippen LogP contribution in [0.4, 0.5) is 0 Å². The molecule has 0 radical (unpaired) electrons. The molecule has 0 saturated carbocycles. The van der Waals surface area contributed by atoms with E-state index in [0.29, 0.717) is 16.7 Å². The maximum absolute atomic E-state index is 12.5. The monoisotopic (exact) mass is 324 g/mol. The number of aromatic nitrogens is 1. The Morgan fingerprint density at radius 3 is 2.82 bits per heavy atom. The number of sulfonamides is 1. The first kappa shape index (κ1) is 15.0. The highest BCUT2D eigenvalue weighted by Gasteiger charge is 2.40. The van der Waals surface area contributed by atoms with Crippen molar-refractivity contribution < 1.29 is 22.8 Å². The number of carbonyl (C=O) groups is 1. The first-order valence-corrected chi connectivity index (χ1v) is 8.53. The van der Waals surface area contributed by atoms with Crippen LogP contribution >= 0.6 is 0 Å². The zero-order chi connectivity index (χ0) is 15.9. The Labute approximate surface area is 127 Å². The number of rotatable bonds is 4. The molecular formula is C14H16N2O5S. The average molecular weight is 324 g/mol. The highest BCUT2D eigenvalue weighted by molar-refractivity contribution is 7.88. The molecule has 22 heavy (non-hydrogen) atoms. The van der Waals surface area contributed by atoms with E-state index in [1.165, 1.54) is 4.31 Å².